The van der Waals surface area contributed by atoms with Crippen LogP contribution in [0.4, 0.5) is 4.79 Å². The lowest BCUT2D eigenvalue weighted by molar-refractivity contribution is -0.143. The number of nitrogens with zero attached hydrogens (tertiary/aromatic N) is 2. The van der Waals surface area contributed by atoms with Crippen LogP contribution < -0.4 is 0 Å². The third-order valence-corrected chi connectivity index (χ3v) is 5.95. The molecule has 0 saturated carbocycles. The number of aliphatic carboxylic acids is 1. The normalized spacial score (nSPS) is 13.6. The number of carbonyl (C=O) groups is 2. The van der Waals surface area contributed by atoms with E-state index in [0.29, 0.717) is 5.69 Å². The lowest BCUT2D eigenvalue weighted by atomic mass is 9.98. The highest BCUT2D eigenvalue weighted by Crippen LogP contribution is 2.44. The van der Waals surface area contributed by atoms with Gasteiger partial charge >= 0.3 is 12.1 Å². The number of carboxylic acid groups (broad SMARTS) is 1. The summed E-state index contributed by atoms with van der Waals surface area (Å²) < 4.78 is 5.69. The molecule has 0 saturated heterocycles. The van der Waals surface area contributed by atoms with Gasteiger partial charge in [0.25, 0.3) is 0 Å². The zero-order chi connectivity index (χ0) is 21.3. The number of amides is 1. The maximum Gasteiger partial charge on any atom is 0.411 e. The van der Waals surface area contributed by atoms with Crippen LogP contribution >= 0.6 is 11.3 Å². The highest BCUT2D eigenvalue weighted by atomic mass is 32.1. The van der Waals surface area contributed by atoms with E-state index in [1.54, 1.807) is 24.7 Å². The number of aromatic nitrogens is 1. The smallest absolute Gasteiger partial charge is 0.411 e. The molecule has 1 aromatic heterocycles. The van der Waals surface area contributed by atoms with Gasteiger partial charge in [0, 0.05) is 17.3 Å². The van der Waals surface area contributed by atoms with Gasteiger partial charge in [-0.15, -0.1) is 11.3 Å². The van der Waals surface area contributed by atoms with E-state index in [-0.39, 0.29) is 18.6 Å². The van der Waals surface area contributed by atoms with E-state index >= 15 is 0 Å². The van der Waals surface area contributed by atoms with E-state index in [9.17, 15) is 14.7 Å². The van der Waals surface area contributed by atoms with Gasteiger partial charge in [0.2, 0.25) is 0 Å². The summed E-state index contributed by atoms with van der Waals surface area (Å²) in [7, 11) is 0. The Labute approximate surface area is 178 Å². The minimum absolute atomic E-state index is 0.0853. The van der Waals surface area contributed by atoms with Crippen molar-refractivity contribution in [3.63, 3.8) is 0 Å². The van der Waals surface area contributed by atoms with E-state index in [1.807, 2.05) is 36.4 Å². The highest BCUT2D eigenvalue weighted by Gasteiger charge is 2.37. The number of ether oxygens (including phenoxy) is 1. The van der Waals surface area contributed by atoms with Crippen molar-refractivity contribution in [1.29, 1.82) is 0 Å². The molecule has 1 aliphatic rings. The number of fused-ring (bicyclic) bond motifs is 3. The fourth-order valence-electron chi connectivity index (χ4n) is 4.03. The Kier molecular flexibility index (Phi) is 5.55. The first kappa shape index (κ1) is 20.1. The Bertz CT molecular complexity index is 1020. The minimum Gasteiger partial charge on any atom is -0.479 e. The van der Waals surface area contributed by atoms with Crippen LogP contribution in [0.15, 0.2) is 59.4 Å². The van der Waals surface area contributed by atoms with Gasteiger partial charge in [-0.05, 0) is 36.1 Å². The average molecular weight is 423 g/mol. The summed E-state index contributed by atoms with van der Waals surface area (Å²) >= 11 is 1.29. The Morgan fingerprint density at radius 2 is 1.70 bits per heavy atom. The highest BCUT2D eigenvalue weighted by molar-refractivity contribution is 7.07. The Balaban J connectivity index is 1.58. The second-order valence-corrected chi connectivity index (χ2v) is 8.18. The SMILES string of the molecule is CC(C)N(C(=O)OCC1c2ccccc2-c2ccccc21)C(C(=O)O)c1cscn1. The first-order chi connectivity index (χ1) is 14.5. The van der Waals surface area contributed by atoms with Crippen molar-refractivity contribution in [3.8, 4) is 11.1 Å². The number of carboxylic acids is 1. The number of hydrogen-bond acceptors (Lipinski definition) is 5. The summed E-state index contributed by atoms with van der Waals surface area (Å²) in [5, 5.41) is 11.4. The molecule has 0 fully saturated rings. The minimum atomic E-state index is -1.19. The second-order valence-electron chi connectivity index (χ2n) is 7.46. The molecule has 154 valence electrons. The van der Waals surface area contributed by atoms with E-state index in [1.165, 1.54) is 16.2 Å². The fraction of sp³-hybridized carbons (Fsp3) is 0.261. The fourth-order valence-corrected chi connectivity index (χ4v) is 4.60. The van der Waals surface area contributed by atoms with Crippen LogP contribution in [0.25, 0.3) is 11.1 Å². The average Bonchev–Trinajstić information content (AvgIpc) is 3.36. The molecular weight excluding hydrogens is 400 g/mol. The van der Waals surface area contributed by atoms with Crippen LogP contribution in [-0.2, 0) is 9.53 Å². The molecule has 0 bridgehead atoms. The van der Waals surface area contributed by atoms with Crippen molar-refractivity contribution in [2.24, 2.45) is 0 Å². The molecule has 2 aromatic carbocycles. The molecule has 0 spiro atoms. The molecule has 1 heterocycles. The number of hydrogen-bond donors (Lipinski definition) is 1. The van der Waals surface area contributed by atoms with E-state index in [2.05, 4.69) is 17.1 Å². The molecule has 30 heavy (non-hydrogen) atoms. The predicted octanol–water partition coefficient (Wildman–Crippen LogP) is 4.93. The molecule has 1 aliphatic carbocycles. The van der Waals surface area contributed by atoms with Gasteiger partial charge in [-0.25, -0.2) is 14.6 Å². The van der Waals surface area contributed by atoms with Crippen molar-refractivity contribution in [1.82, 2.24) is 9.88 Å². The predicted molar refractivity (Wildman–Crippen MR) is 115 cm³/mol. The van der Waals surface area contributed by atoms with Gasteiger partial charge in [0.05, 0.1) is 11.2 Å². The number of benzene rings is 2. The van der Waals surface area contributed by atoms with Crippen molar-refractivity contribution in [2.45, 2.75) is 31.8 Å². The third-order valence-electron chi connectivity index (χ3n) is 5.35. The largest absolute Gasteiger partial charge is 0.479 e. The van der Waals surface area contributed by atoms with Gasteiger partial charge < -0.3 is 9.84 Å². The Morgan fingerprint density at radius 3 is 2.20 bits per heavy atom. The quantitative estimate of drug-likeness (QED) is 0.609. The summed E-state index contributed by atoms with van der Waals surface area (Å²) in [6.45, 7) is 3.67. The van der Waals surface area contributed by atoms with Crippen LogP contribution in [0, 0.1) is 0 Å². The van der Waals surface area contributed by atoms with E-state index < -0.39 is 18.1 Å². The summed E-state index contributed by atoms with van der Waals surface area (Å²) in [5.41, 5.74) is 6.38. The van der Waals surface area contributed by atoms with Crippen LogP contribution in [0.2, 0.25) is 0 Å². The Morgan fingerprint density at radius 1 is 1.10 bits per heavy atom. The molecule has 7 heteroatoms. The standard InChI is InChI=1S/C23H22N2O4S/c1-14(2)25(21(22(26)27)20-12-30-13-24-20)23(28)29-11-19-17-9-5-3-7-15(17)16-8-4-6-10-18(16)19/h3-10,12-14,19,21H,11H2,1-2H3,(H,26,27). The molecule has 3 aromatic rings. The van der Waals surface area contributed by atoms with Crippen LogP contribution in [0.1, 0.15) is 42.6 Å². The lowest BCUT2D eigenvalue weighted by Gasteiger charge is -2.31. The zero-order valence-electron chi connectivity index (χ0n) is 16.7. The number of rotatable bonds is 6. The van der Waals surface area contributed by atoms with Gasteiger partial charge in [0.1, 0.15) is 6.61 Å². The zero-order valence-corrected chi connectivity index (χ0v) is 17.5. The summed E-state index contributed by atoms with van der Waals surface area (Å²) in [5.74, 6) is -1.22. The molecule has 1 N–H and O–H groups in total. The van der Waals surface area contributed by atoms with Crippen molar-refractivity contribution >= 4 is 23.4 Å². The molecular formula is C23H22N2O4S. The molecule has 4 rings (SSSR count). The first-order valence-corrected chi connectivity index (χ1v) is 10.7. The van der Waals surface area contributed by atoms with Gasteiger partial charge in [-0.2, -0.15) is 0 Å². The summed E-state index contributed by atoms with van der Waals surface area (Å²) in [6, 6.07) is 14.6. The van der Waals surface area contributed by atoms with Gasteiger partial charge in [0.15, 0.2) is 6.04 Å². The second kappa shape index (κ2) is 8.28. The van der Waals surface area contributed by atoms with Crippen LogP contribution in [0.5, 0.6) is 0 Å². The maximum atomic E-state index is 13.0. The van der Waals surface area contributed by atoms with Crippen molar-refractivity contribution < 1.29 is 19.4 Å². The lowest BCUT2D eigenvalue weighted by Crippen LogP contribution is -2.44. The first-order valence-electron chi connectivity index (χ1n) is 9.73. The maximum absolute atomic E-state index is 13.0. The molecule has 1 amide bonds. The molecule has 1 atom stereocenters. The van der Waals surface area contributed by atoms with E-state index in [4.69, 9.17) is 4.74 Å². The van der Waals surface area contributed by atoms with Crippen molar-refractivity contribution in [2.75, 3.05) is 6.61 Å². The van der Waals surface area contributed by atoms with Crippen LogP contribution in [0.3, 0.4) is 0 Å². The summed E-state index contributed by atoms with van der Waals surface area (Å²) in [4.78, 5) is 30.3. The topological polar surface area (TPSA) is 79.7 Å². The summed E-state index contributed by atoms with van der Waals surface area (Å²) in [6.07, 6.45) is -0.660. The molecule has 0 radical (unpaired) electrons. The third kappa shape index (κ3) is 3.57. The number of carbonyl (C=O) groups excluding carboxylic acids is 1. The molecule has 6 nitrogen and oxygen atoms in total. The molecule has 0 aliphatic heterocycles. The van der Waals surface area contributed by atoms with Crippen molar-refractivity contribution in [3.05, 3.63) is 76.2 Å². The van der Waals surface area contributed by atoms with Crippen LogP contribution in [-0.4, -0.2) is 39.7 Å². The van der Waals surface area contributed by atoms with Gasteiger partial charge in [-0.1, -0.05) is 48.5 Å². The Hall–Kier alpha value is -3.19. The number of thiazole rings is 1. The molecule has 1 unspecified atom stereocenters. The van der Waals surface area contributed by atoms with Gasteiger partial charge in [-0.3, -0.25) is 4.90 Å². The monoisotopic (exact) mass is 422 g/mol. The van der Waals surface area contributed by atoms with E-state index in [0.717, 1.165) is 22.3 Å².